The number of ether oxygens (including phenoxy) is 1. The SMILES string of the molecule is C=CC(=O)OCCN(C(=O)O)C(C)(C)c1cccc(C(=C)C)c1. The Bertz CT molecular complexity index is 619. The number of benzene rings is 1. The third-order valence-electron chi connectivity index (χ3n) is 3.69. The third kappa shape index (κ3) is 4.71. The normalized spacial score (nSPS) is 10.7. The van der Waals surface area contributed by atoms with E-state index in [-0.39, 0.29) is 13.2 Å². The van der Waals surface area contributed by atoms with Crippen molar-refractivity contribution in [1.29, 1.82) is 0 Å². The lowest BCUT2D eigenvalue weighted by atomic mass is 9.90. The number of carboxylic acid groups (broad SMARTS) is 1. The average molecular weight is 317 g/mol. The van der Waals surface area contributed by atoms with Gasteiger partial charge in [0.15, 0.2) is 0 Å². The van der Waals surface area contributed by atoms with E-state index in [9.17, 15) is 14.7 Å². The van der Waals surface area contributed by atoms with Crippen LogP contribution in [0.25, 0.3) is 5.57 Å². The van der Waals surface area contributed by atoms with Gasteiger partial charge in [-0.15, -0.1) is 0 Å². The molecule has 1 rings (SSSR count). The maximum atomic E-state index is 11.6. The lowest BCUT2D eigenvalue weighted by Gasteiger charge is -2.37. The number of allylic oxidation sites excluding steroid dienone is 1. The molecule has 124 valence electrons. The maximum Gasteiger partial charge on any atom is 0.408 e. The summed E-state index contributed by atoms with van der Waals surface area (Å²) in [4.78, 5) is 24.0. The molecular formula is C18H23NO4. The van der Waals surface area contributed by atoms with Gasteiger partial charge in [0.2, 0.25) is 0 Å². The zero-order chi connectivity index (χ0) is 17.6. The van der Waals surface area contributed by atoms with Crippen molar-refractivity contribution in [3.63, 3.8) is 0 Å². The minimum Gasteiger partial charge on any atom is -0.465 e. The van der Waals surface area contributed by atoms with Crippen LogP contribution >= 0.6 is 0 Å². The lowest BCUT2D eigenvalue weighted by molar-refractivity contribution is -0.138. The van der Waals surface area contributed by atoms with E-state index in [1.54, 1.807) is 0 Å². The first-order valence-electron chi connectivity index (χ1n) is 7.26. The molecule has 23 heavy (non-hydrogen) atoms. The quantitative estimate of drug-likeness (QED) is 0.615. The van der Waals surface area contributed by atoms with Crippen LogP contribution in [-0.2, 0) is 15.1 Å². The third-order valence-corrected chi connectivity index (χ3v) is 3.69. The summed E-state index contributed by atoms with van der Waals surface area (Å²) < 4.78 is 4.89. The number of carbonyl (C=O) groups is 2. The summed E-state index contributed by atoms with van der Waals surface area (Å²) >= 11 is 0. The Morgan fingerprint density at radius 1 is 1.39 bits per heavy atom. The second-order valence-corrected chi connectivity index (χ2v) is 5.73. The van der Waals surface area contributed by atoms with E-state index in [2.05, 4.69) is 13.2 Å². The van der Waals surface area contributed by atoms with Gasteiger partial charge < -0.3 is 9.84 Å². The molecule has 1 aromatic carbocycles. The van der Waals surface area contributed by atoms with E-state index in [0.717, 1.165) is 22.8 Å². The van der Waals surface area contributed by atoms with Crippen LogP contribution in [0, 0.1) is 0 Å². The van der Waals surface area contributed by atoms with Gasteiger partial charge in [0.1, 0.15) is 6.61 Å². The highest BCUT2D eigenvalue weighted by atomic mass is 16.5. The second kappa shape index (κ2) is 7.63. The van der Waals surface area contributed by atoms with Crippen LogP contribution in [0.2, 0.25) is 0 Å². The predicted molar refractivity (Wildman–Crippen MR) is 90.1 cm³/mol. The summed E-state index contributed by atoms with van der Waals surface area (Å²) in [6.45, 7) is 12.8. The Balaban J connectivity index is 3.01. The van der Waals surface area contributed by atoms with E-state index < -0.39 is 17.6 Å². The van der Waals surface area contributed by atoms with E-state index in [4.69, 9.17) is 4.74 Å². The smallest absolute Gasteiger partial charge is 0.408 e. The first-order valence-corrected chi connectivity index (χ1v) is 7.26. The molecule has 1 amide bonds. The molecule has 1 N–H and O–H groups in total. The highest BCUT2D eigenvalue weighted by Crippen LogP contribution is 2.29. The molecule has 5 nitrogen and oxygen atoms in total. The Labute approximate surface area is 136 Å². The molecule has 0 aromatic heterocycles. The summed E-state index contributed by atoms with van der Waals surface area (Å²) in [6, 6.07) is 7.60. The van der Waals surface area contributed by atoms with Crippen LogP contribution in [0.3, 0.4) is 0 Å². The average Bonchev–Trinajstić information content (AvgIpc) is 2.50. The Kier molecular flexibility index (Phi) is 6.13. The summed E-state index contributed by atoms with van der Waals surface area (Å²) in [5.74, 6) is -0.572. The van der Waals surface area contributed by atoms with Crippen molar-refractivity contribution in [2.45, 2.75) is 26.3 Å². The standard InChI is InChI=1S/C18H23NO4/c1-6-16(20)23-11-10-19(17(21)22)18(4,5)15-9-7-8-14(12-15)13(2)3/h6-9,12H,1-2,10-11H2,3-5H3,(H,21,22). The first-order chi connectivity index (χ1) is 10.7. The largest absolute Gasteiger partial charge is 0.465 e. The fourth-order valence-corrected chi connectivity index (χ4v) is 2.23. The lowest BCUT2D eigenvalue weighted by Crippen LogP contribution is -2.46. The molecule has 0 fully saturated rings. The van der Waals surface area contributed by atoms with Crippen molar-refractivity contribution in [2.75, 3.05) is 13.2 Å². The Morgan fingerprint density at radius 2 is 2.04 bits per heavy atom. The molecule has 0 aliphatic carbocycles. The van der Waals surface area contributed by atoms with Crippen LogP contribution in [0.1, 0.15) is 31.9 Å². The Morgan fingerprint density at radius 3 is 2.57 bits per heavy atom. The maximum absolute atomic E-state index is 11.6. The molecule has 0 aliphatic heterocycles. The molecule has 0 aliphatic rings. The molecule has 1 aromatic rings. The van der Waals surface area contributed by atoms with Crippen LogP contribution in [0.15, 0.2) is 43.5 Å². The van der Waals surface area contributed by atoms with E-state index in [1.165, 1.54) is 4.90 Å². The van der Waals surface area contributed by atoms with Gasteiger partial charge >= 0.3 is 12.1 Å². The molecular weight excluding hydrogens is 294 g/mol. The van der Waals surface area contributed by atoms with E-state index >= 15 is 0 Å². The summed E-state index contributed by atoms with van der Waals surface area (Å²) in [5, 5.41) is 9.52. The molecule has 0 unspecified atom stereocenters. The molecule has 0 saturated carbocycles. The van der Waals surface area contributed by atoms with Crippen LogP contribution in [0.4, 0.5) is 4.79 Å². The summed E-state index contributed by atoms with van der Waals surface area (Å²) in [6.07, 6.45) is -0.0302. The van der Waals surface area contributed by atoms with E-state index in [0.29, 0.717) is 0 Å². The summed E-state index contributed by atoms with van der Waals surface area (Å²) in [5.41, 5.74) is 1.93. The van der Waals surface area contributed by atoms with Crippen molar-refractivity contribution in [3.05, 3.63) is 54.6 Å². The van der Waals surface area contributed by atoms with Crippen molar-refractivity contribution in [2.24, 2.45) is 0 Å². The number of rotatable bonds is 7. The molecule has 0 saturated heterocycles. The Hall–Kier alpha value is -2.56. The number of hydrogen-bond donors (Lipinski definition) is 1. The number of amides is 1. The van der Waals surface area contributed by atoms with Gasteiger partial charge in [-0.25, -0.2) is 9.59 Å². The fraction of sp³-hybridized carbons (Fsp3) is 0.333. The van der Waals surface area contributed by atoms with Gasteiger partial charge in [0.25, 0.3) is 0 Å². The van der Waals surface area contributed by atoms with Gasteiger partial charge in [0.05, 0.1) is 12.1 Å². The fourth-order valence-electron chi connectivity index (χ4n) is 2.23. The topological polar surface area (TPSA) is 66.8 Å². The van der Waals surface area contributed by atoms with Gasteiger partial charge in [-0.3, -0.25) is 4.90 Å². The zero-order valence-electron chi connectivity index (χ0n) is 13.8. The highest BCUT2D eigenvalue weighted by Gasteiger charge is 2.32. The minimum atomic E-state index is -1.08. The number of carbonyl (C=O) groups excluding carboxylic acids is 1. The van der Waals surface area contributed by atoms with Crippen molar-refractivity contribution in [1.82, 2.24) is 4.90 Å². The molecule has 0 atom stereocenters. The highest BCUT2D eigenvalue weighted by molar-refractivity contribution is 5.81. The summed E-state index contributed by atoms with van der Waals surface area (Å²) in [7, 11) is 0. The molecule has 0 bridgehead atoms. The van der Waals surface area contributed by atoms with E-state index in [1.807, 2.05) is 45.0 Å². The van der Waals surface area contributed by atoms with Crippen molar-refractivity contribution < 1.29 is 19.4 Å². The minimum absolute atomic E-state index is 0.0270. The number of nitrogens with zero attached hydrogens (tertiary/aromatic N) is 1. The van der Waals surface area contributed by atoms with Gasteiger partial charge in [-0.2, -0.15) is 0 Å². The van der Waals surface area contributed by atoms with Crippen LogP contribution < -0.4 is 0 Å². The zero-order valence-corrected chi connectivity index (χ0v) is 13.8. The molecule has 0 radical (unpaired) electrons. The molecule has 5 heteroatoms. The number of esters is 1. The number of hydrogen-bond acceptors (Lipinski definition) is 3. The van der Waals surface area contributed by atoms with Gasteiger partial charge in [-0.05, 0) is 38.0 Å². The van der Waals surface area contributed by atoms with Crippen LogP contribution in [-0.4, -0.2) is 35.2 Å². The van der Waals surface area contributed by atoms with Gasteiger partial charge in [-0.1, -0.05) is 36.9 Å². The monoisotopic (exact) mass is 317 g/mol. The second-order valence-electron chi connectivity index (χ2n) is 5.73. The van der Waals surface area contributed by atoms with Crippen molar-refractivity contribution in [3.8, 4) is 0 Å². The molecule has 0 spiro atoms. The predicted octanol–water partition coefficient (Wildman–Crippen LogP) is 3.66. The van der Waals surface area contributed by atoms with Crippen molar-refractivity contribution >= 4 is 17.6 Å². The molecule has 0 heterocycles. The first kappa shape index (κ1) is 18.5. The van der Waals surface area contributed by atoms with Crippen LogP contribution in [0.5, 0.6) is 0 Å². The van der Waals surface area contributed by atoms with Gasteiger partial charge in [0, 0.05) is 6.08 Å².